The van der Waals surface area contributed by atoms with Crippen LogP contribution in [0.15, 0.2) is 24.3 Å². The van der Waals surface area contributed by atoms with Gasteiger partial charge in [-0.05, 0) is 37.5 Å². The third kappa shape index (κ3) is 3.05. The van der Waals surface area contributed by atoms with Crippen LogP contribution in [-0.4, -0.2) is 9.97 Å². The number of nitrogens with two attached hydrogens (primary N) is 1. The van der Waals surface area contributed by atoms with Crippen LogP contribution in [-0.2, 0) is 0 Å². The second-order valence-electron chi connectivity index (χ2n) is 5.02. The van der Waals surface area contributed by atoms with E-state index in [-0.39, 0.29) is 0 Å². The van der Waals surface area contributed by atoms with Gasteiger partial charge in [-0.25, -0.2) is 10.8 Å². The first-order valence-electron chi connectivity index (χ1n) is 6.61. The summed E-state index contributed by atoms with van der Waals surface area (Å²) in [6.07, 6.45) is 0. The van der Waals surface area contributed by atoms with E-state index < -0.39 is 0 Å². The third-order valence-corrected chi connectivity index (χ3v) is 3.11. The number of nitrogen functional groups attached to an aromatic ring is 1. The predicted octanol–water partition coefficient (Wildman–Crippen LogP) is 3.29. The summed E-state index contributed by atoms with van der Waals surface area (Å²) in [5, 5.41) is 0. The molecule has 0 bridgehead atoms. The van der Waals surface area contributed by atoms with Gasteiger partial charge in [-0.3, -0.25) is 0 Å². The van der Waals surface area contributed by atoms with Crippen LogP contribution in [0.1, 0.15) is 36.7 Å². The third-order valence-electron chi connectivity index (χ3n) is 3.11. The summed E-state index contributed by atoms with van der Waals surface area (Å²) in [7, 11) is 0. The number of hydrogen-bond acceptors (Lipinski definition) is 5. The number of rotatable bonds is 4. The Bertz CT molecular complexity index is 594. The van der Waals surface area contributed by atoms with E-state index in [1.54, 1.807) is 6.92 Å². The Morgan fingerprint density at radius 2 is 1.75 bits per heavy atom. The summed E-state index contributed by atoms with van der Waals surface area (Å²) in [6, 6.07) is 8.01. The molecular weight excluding hydrogens is 252 g/mol. The highest BCUT2D eigenvalue weighted by Crippen LogP contribution is 2.27. The number of hydrogen-bond donors (Lipinski definition) is 2. The van der Waals surface area contributed by atoms with Crippen molar-refractivity contribution in [2.75, 3.05) is 5.43 Å². The van der Waals surface area contributed by atoms with Crippen molar-refractivity contribution < 1.29 is 4.74 Å². The highest BCUT2D eigenvalue weighted by molar-refractivity contribution is 5.48. The Morgan fingerprint density at radius 3 is 2.30 bits per heavy atom. The number of hydrazine groups is 1. The Balaban J connectivity index is 2.27. The van der Waals surface area contributed by atoms with E-state index in [2.05, 4.69) is 41.4 Å². The Hall–Kier alpha value is -2.14. The topological polar surface area (TPSA) is 73.1 Å². The molecule has 1 heterocycles. The average Bonchev–Trinajstić information content (AvgIpc) is 2.43. The molecule has 0 unspecified atom stereocenters. The molecule has 0 radical (unpaired) electrons. The largest absolute Gasteiger partial charge is 0.439 e. The van der Waals surface area contributed by atoms with E-state index in [1.807, 2.05) is 19.1 Å². The van der Waals surface area contributed by atoms with Crippen molar-refractivity contribution >= 4 is 5.82 Å². The summed E-state index contributed by atoms with van der Waals surface area (Å²) < 4.78 is 5.82. The van der Waals surface area contributed by atoms with Gasteiger partial charge in [0.05, 0.1) is 5.56 Å². The van der Waals surface area contributed by atoms with Crippen LogP contribution in [0.3, 0.4) is 0 Å². The van der Waals surface area contributed by atoms with Crippen molar-refractivity contribution in [2.45, 2.75) is 33.6 Å². The van der Waals surface area contributed by atoms with E-state index in [0.29, 0.717) is 23.4 Å². The number of nitrogens with zero attached hydrogens (tertiary/aromatic N) is 2. The molecule has 0 fully saturated rings. The highest BCUT2D eigenvalue weighted by Gasteiger charge is 2.10. The highest BCUT2D eigenvalue weighted by atomic mass is 16.5. The maximum Gasteiger partial charge on any atom is 0.227 e. The zero-order valence-corrected chi connectivity index (χ0v) is 12.3. The molecule has 2 aromatic rings. The molecule has 0 saturated carbocycles. The number of aryl methyl sites for hydroxylation is 1. The Labute approximate surface area is 119 Å². The van der Waals surface area contributed by atoms with Gasteiger partial charge in [-0.15, -0.1) is 0 Å². The van der Waals surface area contributed by atoms with Gasteiger partial charge in [0.25, 0.3) is 0 Å². The van der Waals surface area contributed by atoms with Gasteiger partial charge in [0.15, 0.2) is 0 Å². The van der Waals surface area contributed by atoms with Crippen molar-refractivity contribution in [3.63, 3.8) is 0 Å². The van der Waals surface area contributed by atoms with Crippen molar-refractivity contribution in [1.29, 1.82) is 0 Å². The van der Waals surface area contributed by atoms with Gasteiger partial charge in [0.2, 0.25) is 5.88 Å². The van der Waals surface area contributed by atoms with Gasteiger partial charge in [0.1, 0.15) is 17.4 Å². The second-order valence-corrected chi connectivity index (χ2v) is 5.02. The lowest BCUT2D eigenvalue weighted by Gasteiger charge is -2.12. The van der Waals surface area contributed by atoms with Gasteiger partial charge in [-0.1, -0.05) is 26.0 Å². The van der Waals surface area contributed by atoms with Gasteiger partial charge < -0.3 is 10.2 Å². The molecule has 20 heavy (non-hydrogen) atoms. The number of benzene rings is 1. The Morgan fingerprint density at radius 1 is 1.10 bits per heavy atom. The van der Waals surface area contributed by atoms with Crippen LogP contribution in [0.25, 0.3) is 0 Å². The van der Waals surface area contributed by atoms with Crippen LogP contribution in [0.5, 0.6) is 11.6 Å². The maximum atomic E-state index is 5.82. The molecule has 3 N–H and O–H groups in total. The van der Waals surface area contributed by atoms with Crippen molar-refractivity contribution in [1.82, 2.24) is 9.97 Å². The number of aromatic nitrogens is 2. The number of anilines is 1. The van der Waals surface area contributed by atoms with E-state index >= 15 is 0 Å². The molecular formula is C15H20N4O. The monoisotopic (exact) mass is 272 g/mol. The maximum absolute atomic E-state index is 5.82. The van der Waals surface area contributed by atoms with E-state index in [9.17, 15) is 0 Å². The summed E-state index contributed by atoms with van der Waals surface area (Å²) in [6.45, 7) is 7.99. The van der Waals surface area contributed by atoms with Crippen LogP contribution in [0, 0.1) is 13.8 Å². The summed E-state index contributed by atoms with van der Waals surface area (Å²) >= 11 is 0. The first kappa shape index (κ1) is 14.3. The van der Waals surface area contributed by atoms with Crippen LogP contribution in [0.4, 0.5) is 5.82 Å². The van der Waals surface area contributed by atoms with Crippen LogP contribution in [0.2, 0.25) is 0 Å². The fraction of sp³-hybridized carbons (Fsp3) is 0.333. The van der Waals surface area contributed by atoms with Crippen LogP contribution >= 0.6 is 0 Å². The lowest BCUT2D eigenvalue weighted by atomic mass is 10.0. The molecule has 0 aliphatic heterocycles. The standard InChI is InChI=1S/C15H20N4O/c1-9(2)12-5-7-13(8-6-12)20-15-10(3)14(19-16)17-11(4)18-15/h5-9H,16H2,1-4H3,(H,17,18,19). The molecule has 0 aliphatic rings. The summed E-state index contributed by atoms with van der Waals surface area (Å²) in [4.78, 5) is 8.51. The molecule has 2 rings (SSSR count). The number of nitrogens with one attached hydrogen (secondary N) is 1. The molecule has 106 valence electrons. The number of ether oxygens (including phenoxy) is 1. The van der Waals surface area contributed by atoms with E-state index in [0.717, 1.165) is 11.3 Å². The fourth-order valence-electron chi connectivity index (χ4n) is 1.88. The molecule has 0 spiro atoms. The van der Waals surface area contributed by atoms with Crippen molar-refractivity contribution in [2.24, 2.45) is 5.84 Å². The van der Waals surface area contributed by atoms with Crippen molar-refractivity contribution in [3.05, 3.63) is 41.2 Å². The second kappa shape index (κ2) is 5.88. The summed E-state index contributed by atoms with van der Waals surface area (Å²) in [5.74, 6) is 8.39. The normalized spacial score (nSPS) is 10.7. The quantitative estimate of drug-likeness (QED) is 0.660. The summed E-state index contributed by atoms with van der Waals surface area (Å²) in [5.41, 5.74) is 4.61. The predicted molar refractivity (Wildman–Crippen MR) is 79.9 cm³/mol. The van der Waals surface area contributed by atoms with Crippen molar-refractivity contribution in [3.8, 4) is 11.6 Å². The Kier molecular flexibility index (Phi) is 4.20. The molecule has 0 aliphatic carbocycles. The lowest BCUT2D eigenvalue weighted by molar-refractivity contribution is 0.456. The molecule has 5 nitrogen and oxygen atoms in total. The molecule has 1 aromatic carbocycles. The SMILES string of the molecule is Cc1nc(NN)c(C)c(Oc2ccc(C(C)C)cc2)n1. The van der Waals surface area contributed by atoms with Gasteiger partial charge in [0, 0.05) is 0 Å². The molecule has 0 atom stereocenters. The smallest absolute Gasteiger partial charge is 0.227 e. The fourth-order valence-corrected chi connectivity index (χ4v) is 1.88. The van der Waals surface area contributed by atoms with Crippen LogP contribution < -0.4 is 16.0 Å². The minimum Gasteiger partial charge on any atom is -0.439 e. The van der Waals surface area contributed by atoms with E-state index in [4.69, 9.17) is 10.6 Å². The molecule has 0 amide bonds. The zero-order valence-electron chi connectivity index (χ0n) is 12.3. The minimum absolute atomic E-state index is 0.500. The van der Waals surface area contributed by atoms with Gasteiger partial charge >= 0.3 is 0 Å². The lowest BCUT2D eigenvalue weighted by Crippen LogP contribution is -2.12. The molecule has 5 heteroatoms. The zero-order chi connectivity index (χ0) is 14.7. The minimum atomic E-state index is 0.500. The first-order valence-corrected chi connectivity index (χ1v) is 6.61. The molecule has 1 aromatic heterocycles. The average molecular weight is 272 g/mol. The first-order chi connectivity index (χ1) is 9.51. The molecule has 0 saturated heterocycles. The van der Waals surface area contributed by atoms with Gasteiger partial charge in [-0.2, -0.15) is 4.98 Å². The van der Waals surface area contributed by atoms with E-state index in [1.165, 1.54) is 5.56 Å².